The molecule has 1 rings (SSSR count). The molecule has 0 N–H and O–H groups in total. The zero-order valence-electron chi connectivity index (χ0n) is 5.72. The van der Waals surface area contributed by atoms with Gasteiger partial charge in [0, 0.05) is 5.92 Å². The van der Waals surface area contributed by atoms with Gasteiger partial charge in [-0.05, 0) is 18.2 Å². The lowest BCUT2D eigenvalue weighted by atomic mass is 10.1. The standard InChI is InChI=1S/C8H10O/c1-7-5-3-4-6-8(7)9-2/h4-7H,1-2H3. The second-order valence-corrected chi connectivity index (χ2v) is 2.06. The Morgan fingerprint density at radius 2 is 2.44 bits per heavy atom. The maximum absolute atomic E-state index is 5.06. The Kier molecular flexibility index (Phi) is 1.76. The third kappa shape index (κ3) is 1.24. The summed E-state index contributed by atoms with van der Waals surface area (Å²) in [5.41, 5.74) is 2.99. The first-order valence-electron chi connectivity index (χ1n) is 3.01. The first-order valence-corrected chi connectivity index (χ1v) is 3.01. The number of hydrogen-bond donors (Lipinski definition) is 0. The topological polar surface area (TPSA) is 9.23 Å². The van der Waals surface area contributed by atoms with Gasteiger partial charge in [-0.2, -0.15) is 0 Å². The molecule has 48 valence electrons. The van der Waals surface area contributed by atoms with E-state index in [9.17, 15) is 0 Å². The molecule has 0 radical (unpaired) electrons. The third-order valence-electron chi connectivity index (χ3n) is 1.37. The highest BCUT2D eigenvalue weighted by Gasteiger charge is 2.04. The Balaban J connectivity index is 2.76. The van der Waals surface area contributed by atoms with Crippen LogP contribution in [0, 0.1) is 5.92 Å². The Bertz CT molecular complexity index is 183. The van der Waals surface area contributed by atoms with Gasteiger partial charge in [0.1, 0.15) is 5.76 Å². The fourth-order valence-corrected chi connectivity index (χ4v) is 0.818. The predicted molar refractivity (Wildman–Crippen MR) is 36.9 cm³/mol. The summed E-state index contributed by atoms with van der Waals surface area (Å²) in [5, 5.41) is 0. The molecule has 0 saturated heterocycles. The van der Waals surface area contributed by atoms with Crippen LogP contribution in [0.1, 0.15) is 6.92 Å². The van der Waals surface area contributed by atoms with E-state index in [0.29, 0.717) is 5.92 Å². The monoisotopic (exact) mass is 122 g/mol. The van der Waals surface area contributed by atoms with Crippen molar-refractivity contribution in [3.8, 4) is 0 Å². The van der Waals surface area contributed by atoms with Gasteiger partial charge in [-0.25, -0.2) is 0 Å². The van der Waals surface area contributed by atoms with Crippen LogP contribution in [0.3, 0.4) is 0 Å². The van der Waals surface area contributed by atoms with E-state index in [1.165, 1.54) is 0 Å². The summed E-state index contributed by atoms with van der Waals surface area (Å²) in [7, 11) is 1.69. The van der Waals surface area contributed by atoms with E-state index in [2.05, 4.69) is 12.7 Å². The van der Waals surface area contributed by atoms with Gasteiger partial charge >= 0.3 is 0 Å². The van der Waals surface area contributed by atoms with Crippen LogP contribution in [0.5, 0.6) is 0 Å². The minimum Gasteiger partial charge on any atom is -0.500 e. The van der Waals surface area contributed by atoms with Crippen LogP contribution in [-0.2, 0) is 4.74 Å². The number of ether oxygens (including phenoxy) is 1. The molecule has 9 heavy (non-hydrogen) atoms. The molecule has 0 heterocycles. The molecular formula is C8H10O. The molecule has 0 aliphatic heterocycles. The van der Waals surface area contributed by atoms with E-state index in [-0.39, 0.29) is 0 Å². The van der Waals surface area contributed by atoms with Gasteiger partial charge in [0.15, 0.2) is 0 Å². The Morgan fingerprint density at radius 3 is 2.89 bits per heavy atom. The summed E-state index contributed by atoms with van der Waals surface area (Å²) in [6, 6.07) is 0. The van der Waals surface area contributed by atoms with Gasteiger partial charge in [-0.3, -0.25) is 0 Å². The number of allylic oxidation sites excluding steroid dienone is 2. The van der Waals surface area contributed by atoms with Crippen molar-refractivity contribution in [3.63, 3.8) is 0 Å². The average Bonchev–Trinajstić information content (AvgIpc) is 1.89. The molecule has 1 nitrogen and oxygen atoms in total. The van der Waals surface area contributed by atoms with Gasteiger partial charge < -0.3 is 4.74 Å². The number of rotatable bonds is 1. The molecule has 0 fully saturated rings. The maximum Gasteiger partial charge on any atom is 0.103 e. The Hall–Kier alpha value is -0.940. The van der Waals surface area contributed by atoms with Gasteiger partial charge in [0.2, 0.25) is 0 Å². The molecule has 0 amide bonds. The number of methoxy groups -OCH3 is 1. The predicted octanol–water partition coefficient (Wildman–Crippen LogP) is 1.88. The Labute approximate surface area is 55.3 Å². The zero-order valence-corrected chi connectivity index (χ0v) is 5.72. The van der Waals surface area contributed by atoms with Crippen LogP contribution >= 0.6 is 0 Å². The smallest absolute Gasteiger partial charge is 0.103 e. The normalized spacial score (nSPS) is 23.8. The van der Waals surface area contributed by atoms with E-state index in [0.717, 1.165) is 5.76 Å². The van der Waals surface area contributed by atoms with Crippen molar-refractivity contribution in [1.82, 2.24) is 0 Å². The van der Waals surface area contributed by atoms with Crippen molar-refractivity contribution >= 4 is 0 Å². The van der Waals surface area contributed by atoms with E-state index in [1.807, 2.05) is 18.2 Å². The van der Waals surface area contributed by atoms with Gasteiger partial charge in [0.05, 0.1) is 7.11 Å². The van der Waals surface area contributed by atoms with Crippen LogP contribution in [0.25, 0.3) is 0 Å². The maximum atomic E-state index is 5.06. The van der Waals surface area contributed by atoms with Gasteiger partial charge in [0.25, 0.3) is 0 Å². The summed E-state index contributed by atoms with van der Waals surface area (Å²) in [4.78, 5) is 0. The highest BCUT2D eigenvalue weighted by atomic mass is 16.5. The summed E-state index contributed by atoms with van der Waals surface area (Å²) in [6.07, 6.45) is 5.78. The molecule has 1 atom stereocenters. The van der Waals surface area contributed by atoms with Crippen molar-refractivity contribution in [3.05, 3.63) is 29.7 Å². The molecule has 1 unspecified atom stereocenters. The van der Waals surface area contributed by atoms with E-state index in [1.54, 1.807) is 7.11 Å². The van der Waals surface area contributed by atoms with E-state index >= 15 is 0 Å². The van der Waals surface area contributed by atoms with Crippen LogP contribution in [-0.4, -0.2) is 7.11 Å². The van der Waals surface area contributed by atoms with Gasteiger partial charge in [-0.15, -0.1) is 5.73 Å². The highest BCUT2D eigenvalue weighted by Crippen LogP contribution is 2.14. The summed E-state index contributed by atoms with van der Waals surface area (Å²) < 4.78 is 5.06. The Morgan fingerprint density at radius 1 is 1.67 bits per heavy atom. The molecular weight excluding hydrogens is 112 g/mol. The quantitative estimate of drug-likeness (QED) is 0.482. The summed E-state index contributed by atoms with van der Waals surface area (Å²) in [5.74, 6) is 1.40. The van der Waals surface area contributed by atoms with Crippen molar-refractivity contribution in [2.75, 3.05) is 7.11 Å². The van der Waals surface area contributed by atoms with Crippen LogP contribution in [0.4, 0.5) is 0 Å². The minimum atomic E-state index is 0.389. The molecule has 1 aliphatic carbocycles. The minimum absolute atomic E-state index is 0.389. The molecule has 0 aromatic heterocycles. The zero-order chi connectivity index (χ0) is 6.69. The average molecular weight is 122 g/mol. The second-order valence-electron chi connectivity index (χ2n) is 2.06. The first kappa shape index (κ1) is 6.18. The molecule has 0 bridgehead atoms. The summed E-state index contributed by atoms with van der Waals surface area (Å²) >= 11 is 0. The summed E-state index contributed by atoms with van der Waals surface area (Å²) in [6.45, 7) is 2.08. The van der Waals surface area contributed by atoms with E-state index in [4.69, 9.17) is 4.74 Å². The lowest BCUT2D eigenvalue weighted by Crippen LogP contribution is -1.98. The van der Waals surface area contributed by atoms with Crippen LogP contribution < -0.4 is 0 Å². The lowest BCUT2D eigenvalue weighted by Gasteiger charge is -2.10. The van der Waals surface area contributed by atoms with Gasteiger partial charge in [-0.1, -0.05) is 6.92 Å². The first-order chi connectivity index (χ1) is 4.34. The molecule has 0 aromatic rings. The lowest BCUT2D eigenvalue weighted by molar-refractivity contribution is 0.261. The molecule has 0 saturated carbocycles. The van der Waals surface area contributed by atoms with Crippen LogP contribution in [0.15, 0.2) is 29.7 Å². The largest absolute Gasteiger partial charge is 0.500 e. The SMILES string of the molecule is COC1=CC=C=CC1C. The molecule has 0 aromatic carbocycles. The highest BCUT2D eigenvalue weighted by molar-refractivity contribution is 5.18. The molecule has 0 spiro atoms. The van der Waals surface area contributed by atoms with Crippen molar-refractivity contribution < 1.29 is 4.74 Å². The fourth-order valence-electron chi connectivity index (χ4n) is 0.818. The van der Waals surface area contributed by atoms with Crippen molar-refractivity contribution in [2.45, 2.75) is 6.92 Å². The fraction of sp³-hybridized carbons (Fsp3) is 0.375. The molecule has 1 aliphatic rings. The van der Waals surface area contributed by atoms with E-state index < -0.39 is 0 Å². The van der Waals surface area contributed by atoms with Crippen molar-refractivity contribution in [2.24, 2.45) is 5.92 Å². The second kappa shape index (κ2) is 2.56. The van der Waals surface area contributed by atoms with Crippen molar-refractivity contribution in [1.29, 1.82) is 0 Å². The molecule has 1 heteroatoms. The van der Waals surface area contributed by atoms with Crippen LogP contribution in [0.2, 0.25) is 0 Å². The number of hydrogen-bond acceptors (Lipinski definition) is 1. The third-order valence-corrected chi connectivity index (χ3v) is 1.37.